The fraction of sp³-hybridized carbons (Fsp3) is 0.409. The van der Waals surface area contributed by atoms with Crippen molar-refractivity contribution in [1.29, 1.82) is 0 Å². The maximum Gasteiger partial charge on any atom is 0.223 e. The van der Waals surface area contributed by atoms with Crippen LogP contribution in [0.15, 0.2) is 54.6 Å². The molecule has 1 heterocycles. The van der Waals surface area contributed by atoms with Crippen LogP contribution in [0, 0.1) is 5.92 Å². The molecule has 2 aromatic rings. The molecule has 1 amide bonds. The van der Waals surface area contributed by atoms with Crippen LogP contribution in [0.5, 0.6) is 11.5 Å². The Kier molecular flexibility index (Phi) is 7.11. The van der Waals surface area contributed by atoms with Crippen LogP contribution in [0.25, 0.3) is 0 Å². The first-order valence-corrected chi connectivity index (χ1v) is 9.55. The monoisotopic (exact) mass is 368 g/mol. The second-order valence-electron chi connectivity index (χ2n) is 6.85. The maximum absolute atomic E-state index is 12.4. The topological polar surface area (TPSA) is 50.8 Å². The molecule has 1 N–H and O–H groups in total. The van der Waals surface area contributed by atoms with Crippen LogP contribution in [0.2, 0.25) is 0 Å². The lowest BCUT2D eigenvalue weighted by molar-refractivity contribution is -0.126. The molecule has 1 fully saturated rings. The van der Waals surface area contributed by atoms with E-state index in [4.69, 9.17) is 9.47 Å². The third kappa shape index (κ3) is 6.00. The summed E-state index contributed by atoms with van der Waals surface area (Å²) < 4.78 is 10.8. The number of amides is 1. The minimum Gasteiger partial charge on any atom is -0.497 e. The van der Waals surface area contributed by atoms with Crippen molar-refractivity contribution in [1.82, 2.24) is 10.2 Å². The van der Waals surface area contributed by atoms with E-state index >= 15 is 0 Å². The first-order chi connectivity index (χ1) is 13.2. The Balaban J connectivity index is 1.33. The lowest BCUT2D eigenvalue weighted by atomic mass is 9.95. The average Bonchev–Trinajstić information content (AvgIpc) is 2.72. The van der Waals surface area contributed by atoms with Gasteiger partial charge < -0.3 is 14.8 Å². The van der Waals surface area contributed by atoms with Crippen LogP contribution >= 0.6 is 0 Å². The van der Waals surface area contributed by atoms with Crippen molar-refractivity contribution in [2.45, 2.75) is 19.4 Å². The van der Waals surface area contributed by atoms with Crippen LogP contribution in [-0.2, 0) is 11.3 Å². The highest BCUT2D eigenvalue weighted by Crippen LogP contribution is 2.20. The molecule has 1 aliphatic rings. The van der Waals surface area contributed by atoms with Gasteiger partial charge in [-0.15, -0.1) is 0 Å². The number of benzene rings is 2. The smallest absolute Gasteiger partial charge is 0.223 e. The fourth-order valence-corrected chi connectivity index (χ4v) is 3.37. The molecule has 27 heavy (non-hydrogen) atoms. The minimum absolute atomic E-state index is 0.105. The van der Waals surface area contributed by atoms with E-state index in [0.717, 1.165) is 44.0 Å². The molecular weight excluding hydrogens is 340 g/mol. The summed E-state index contributed by atoms with van der Waals surface area (Å²) in [4.78, 5) is 14.8. The number of nitrogens with zero attached hydrogens (tertiary/aromatic N) is 1. The fourth-order valence-electron chi connectivity index (χ4n) is 3.37. The molecule has 1 aliphatic heterocycles. The number of piperidine rings is 1. The van der Waals surface area contributed by atoms with Gasteiger partial charge in [0.2, 0.25) is 5.91 Å². The van der Waals surface area contributed by atoms with Gasteiger partial charge in [-0.1, -0.05) is 36.4 Å². The molecule has 5 nitrogen and oxygen atoms in total. The average molecular weight is 368 g/mol. The second-order valence-corrected chi connectivity index (χ2v) is 6.85. The molecule has 0 aromatic heterocycles. The van der Waals surface area contributed by atoms with Gasteiger partial charge in [-0.25, -0.2) is 0 Å². The predicted molar refractivity (Wildman–Crippen MR) is 106 cm³/mol. The highest BCUT2D eigenvalue weighted by Gasteiger charge is 2.24. The van der Waals surface area contributed by atoms with Crippen molar-refractivity contribution in [3.8, 4) is 11.5 Å². The summed E-state index contributed by atoms with van der Waals surface area (Å²) in [6.45, 7) is 3.86. The summed E-state index contributed by atoms with van der Waals surface area (Å²) in [6.07, 6.45) is 1.82. The highest BCUT2D eigenvalue weighted by molar-refractivity contribution is 5.78. The van der Waals surface area contributed by atoms with E-state index in [2.05, 4.69) is 34.5 Å². The van der Waals surface area contributed by atoms with Gasteiger partial charge in [0.15, 0.2) is 0 Å². The first-order valence-electron chi connectivity index (χ1n) is 9.55. The Morgan fingerprint density at radius 1 is 1.07 bits per heavy atom. The Hall–Kier alpha value is -2.53. The van der Waals surface area contributed by atoms with Gasteiger partial charge in [0.1, 0.15) is 18.1 Å². The van der Waals surface area contributed by atoms with E-state index < -0.39 is 0 Å². The molecule has 2 aromatic carbocycles. The zero-order valence-corrected chi connectivity index (χ0v) is 15.9. The lowest BCUT2D eigenvalue weighted by Crippen LogP contribution is -2.41. The number of nitrogens with one attached hydrogen (secondary N) is 1. The molecule has 0 atom stereocenters. The van der Waals surface area contributed by atoms with Crippen molar-refractivity contribution in [2.75, 3.05) is 33.4 Å². The maximum atomic E-state index is 12.4. The number of likely N-dealkylation sites (tertiary alicyclic amines) is 1. The van der Waals surface area contributed by atoms with Crippen LogP contribution in [0.1, 0.15) is 18.4 Å². The molecule has 0 bridgehead atoms. The van der Waals surface area contributed by atoms with Crippen molar-refractivity contribution < 1.29 is 14.3 Å². The third-order valence-corrected chi connectivity index (χ3v) is 4.92. The van der Waals surface area contributed by atoms with Crippen LogP contribution in [0.4, 0.5) is 0 Å². The number of carbonyl (C=O) groups excluding carboxylic acids is 1. The Morgan fingerprint density at radius 2 is 1.81 bits per heavy atom. The van der Waals surface area contributed by atoms with E-state index in [1.165, 1.54) is 5.56 Å². The number of hydrogen-bond donors (Lipinski definition) is 1. The summed E-state index contributed by atoms with van der Waals surface area (Å²) in [5.41, 5.74) is 1.33. The number of carbonyl (C=O) groups is 1. The predicted octanol–water partition coefficient (Wildman–Crippen LogP) is 3.10. The molecule has 0 saturated carbocycles. The van der Waals surface area contributed by atoms with Crippen molar-refractivity contribution in [3.05, 3.63) is 60.2 Å². The normalized spacial score (nSPS) is 15.3. The van der Waals surface area contributed by atoms with Crippen molar-refractivity contribution >= 4 is 5.91 Å². The van der Waals surface area contributed by atoms with Gasteiger partial charge in [0, 0.05) is 18.5 Å². The number of hydrogen-bond acceptors (Lipinski definition) is 4. The van der Waals surface area contributed by atoms with Crippen molar-refractivity contribution in [3.63, 3.8) is 0 Å². The summed E-state index contributed by atoms with van der Waals surface area (Å²) in [7, 11) is 1.63. The molecule has 144 valence electrons. The van der Waals surface area contributed by atoms with Gasteiger partial charge >= 0.3 is 0 Å². The summed E-state index contributed by atoms with van der Waals surface area (Å²) in [6, 6.07) is 18.0. The van der Waals surface area contributed by atoms with Gasteiger partial charge in [-0.05, 0) is 43.6 Å². The summed E-state index contributed by atoms with van der Waals surface area (Å²) in [5.74, 6) is 1.76. The molecule has 1 saturated heterocycles. The Bertz CT molecular complexity index is 713. The van der Waals surface area contributed by atoms with E-state index in [9.17, 15) is 4.79 Å². The zero-order valence-electron chi connectivity index (χ0n) is 15.9. The molecule has 0 unspecified atom stereocenters. The van der Waals surface area contributed by atoms with E-state index in [1.54, 1.807) is 7.11 Å². The molecular formula is C22H28N2O3. The van der Waals surface area contributed by atoms with Gasteiger partial charge in [-0.2, -0.15) is 0 Å². The molecule has 0 radical (unpaired) electrons. The summed E-state index contributed by atoms with van der Waals surface area (Å²) in [5, 5.41) is 3.00. The lowest BCUT2D eigenvalue weighted by Gasteiger charge is -2.31. The molecule has 5 heteroatoms. The van der Waals surface area contributed by atoms with Gasteiger partial charge in [0.05, 0.1) is 13.7 Å². The molecule has 0 spiro atoms. The van der Waals surface area contributed by atoms with Crippen molar-refractivity contribution in [2.24, 2.45) is 5.92 Å². The minimum atomic E-state index is 0.105. The second kappa shape index (κ2) is 9.97. The zero-order chi connectivity index (χ0) is 18.9. The largest absolute Gasteiger partial charge is 0.497 e. The van der Waals surface area contributed by atoms with E-state index in [0.29, 0.717) is 13.2 Å². The number of ether oxygens (including phenoxy) is 2. The number of methoxy groups -OCH3 is 1. The Morgan fingerprint density at radius 3 is 2.56 bits per heavy atom. The Labute approximate surface area is 161 Å². The molecule has 0 aliphatic carbocycles. The van der Waals surface area contributed by atoms with Gasteiger partial charge in [-0.3, -0.25) is 9.69 Å². The standard InChI is InChI=1S/C22H28N2O3/c1-26-20-8-5-9-21(16-20)27-15-12-23-22(25)19-10-13-24(14-11-19)17-18-6-3-2-4-7-18/h2-9,16,19H,10-15,17H2,1H3,(H,23,25). The number of rotatable bonds is 8. The first kappa shape index (κ1) is 19.2. The SMILES string of the molecule is COc1cccc(OCCNC(=O)C2CCN(Cc3ccccc3)CC2)c1. The van der Waals surface area contributed by atoms with Crippen LogP contribution < -0.4 is 14.8 Å². The third-order valence-electron chi connectivity index (χ3n) is 4.92. The molecule has 3 rings (SSSR count). The van der Waals surface area contributed by atoms with E-state index in [1.807, 2.05) is 30.3 Å². The van der Waals surface area contributed by atoms with E-state index in [-0.39, 0.29) is 11.8 Å². The quantitative estimate of drug-likeness (QED) is 0.728. The van der Waals surface area contributed by atoms with Gasteiger partial charge in [0.25, 0.3) is 0 Å². The van der Waals surface area contributed by atoms with Crippen LogP contribution in [-0.4, -0.2) is 44.2 Å². The van der Waals surface area contributed by atoms with Crippen LogP contribution in [0.3, 0.4) is 0 Å². The summed E-state index contributed by atoms with van der Waals surface area (Å²) >= 11 is 0. The highest BCUT2D eigenvalue weighted by atomic mass is 16.5.